The van der Waals surface area contributed by atoms with Gasteiger partial charge in [-0.3, -0.25) is 4.79 Å². The van der Waals surface area contributed by atoms with Gasteiger partial charge in [0.25, 0.3) is 0 Å². The minimum absolute atomic E-state index is 0.00864. The Labute approximate surface area is 204 Å². The summed E-state index contributed by atoms with van der Waals surface area (Å²) in [6, 6.07) is 24.9. The number of benzene rings is 3. The number of rotatable bonds is 6. The first-order valence-corrected chi connectivity index (χ1v) is 11.7. The molecule has 1 fully saturated rings. The zero-order chi connectivity index (χ0) is 24.0. The van der Waals surface area contributed by atoms with Crippen LogP contribution in [0.5, 0.6) is 5.75 Å². The van der Waals surface area contributed by atoms with Gasteiger partial charge in [0, 0.05) is 30.0 Å². The summed E-state index contributed by atoms with van der Waals surface area (Å²) in [6.07, 6.45) is 3.08. The highest BCUT2D eigenvalue weighted by Crippen LogP contribution is 2.30. The molecule has 0 spiro atoms. The van der Waals surface area contributed by atoms with Crippen molar-refractivity contribution in [1.82, 2.24) is 9.97 Å². The Kier molecular flexibility index (Phi) is 6.53. The van der Waals surface area contributed by atoms with Crippen molar-refractivity contribution in [3.05, 3.63) is 90.3 Å². The van der Waals surface area contributed by atoms with Gasteiger partial charge in [-0.05, 0) is 43.2 Å². The molecule has 3 aromatic carbocycles. The van der Waals surface area contributed by atoms with Gasteiger partial charge in [-0.2, -0.15) is 5.26 Å². The molecule has 0 unspecified atom stereocenters. The van der Waals surface area contributed by atoms with Crippen molar-refractivity contribution in [2.24, 2.45) is 5.92 Å². The number of piperidine rings is 1. The van der Waals surface area contributed by atoms with E-state index in [1.807, 2.05) is 66.7 Å². The lowest BCUT2D eigenvalue weighted by atomic mass is 9.95. The van der Waals surface area contributed by atoms with Gasteiger partial charge in [0.2, 0.25) is 5.91 Å². The van der Waals surface area contributed by atoms with E-state index in [0.717, 1.165) is 48.2 Å². The van der Waals surface area contributed by atoms with Crippen LogP contribution in [0, 0.1) is 17.2 Å². The number of nitrogens with one attached hydrogen (secondary N) is 1. The number of nitriles is 1. The summed E-state index contributed by atoms with van der Waals surface area (Å²) in [4.78, 5) is 24.2. The Balaban J connectivity index is 1.22. The van der Waals surface area contributed by atoms with Crippen LogP contribution >= 0.6 is 0 Å². The molecule has 1 N–H and O–H groups in total. The average Bonchev–Trinajstić information content (AvgIpc) is 2.92. The standard InChI is InChI=1S/C28H25N5O2/c29-17-21-7-1-2-8-22(21)18-35-26-12-6-5-11-25(26)32-28(34)20-13-15-33(16-14-20)27-23-9-3-4-10-24(23)30-19-31-27/h1-12,19-20H,13-16,18H2,(H,32,34). The van der Waals surface area contributed by atoms with Gasteiger partial charge in [0.1, 0.15) is 24.5 Å². The third kappa shape index (κ3) is 4.92. The molecule has 1 amide bonds. The number of fused-ring (bicyclic) bond motifs is 1. The SMILES string of the molecule is N#Cc1ccccc1COc1ccccc1NC(=O)C1CCN(c2ncnc3ccccc23)CC1. The summed E-state index contributed by atoms with van der Waals surface area (Å²) in [5.74, 6) is 1.40. The predicted molar refractivity (Wildman–Crippen MR) is 135 cm³/mol. The number of aromatic nitrogens is 2. The number of para-hydroxylation sites is 3. The van der Waals surface area contributed by atoms with Crippen molar-refractivity contribution in [3.63, 3.8) is 0 Å². The van der Waals surface area contributed by atoms with Gasteiger partial charge in [-0.15, -0.1) is 0 Å². The summed E-state index contributed by atoms with van der Waals surface area (Å²) in [6.45, 7) is 1.76. The molecule has 1 aromatic heterocycles. The first-order valence-electron chi connectivity index (χ1n) is 11.7. The second-order valence-electron chi connectivity index (χ2n) is 8.52. The van der Waals surface area contributed by atoms with Crippen LogP contribution in [0.3, 0.4) is 0 Å². The summed E-state index contributed by atoms with van der Waals surface area (Å²) in [7, 11) is 0. The van der Waals surface area contributed by atoms with Crippen LogP contribution in [0.2, 0.25) is 0 Å². The van der Waals surface area contributed by atoms with Crippen LogP contribution in [0.25, 0.3) is 10.9 Å². The van der Waals surface area contributed by atoms with Gasteiger partial charge in [0.05, 0.1) is 22.8 Å². The minimum Gasteiger partial charge on any atom is -0.487 e. The lowest BCUT2D eigenvalue weighted by Crippen LogP contribution is -2.38. The van der Waals surface area contributed by atoms with E-state index in [1.54, 1.807) is 12.4 Å². The maximum atomic E-state index is 13.1. The number of anilines is 2. The van der Waals surface area contributed by atoms with E-state index in [4.69, 9.17) is 4.74 Å². The minimum atomic E-state index is -0.0910. The van der Waals surface area contributed by atoms with Crippen molar-refractivity contribution in [1.29, 1.82) is 5.26 Å². The van der Waals surface area contributed by atoms with Crippen molar-refractivity contribution >= 4 is 28.3 Å². The Morgan fingerprint density at radius 1 is 1.00 bits per heavy atom. The monoisotopic (exact) mass is 463 g/mol. The van der Waals surface area contributed by atoms with Crippen LogP contribution in [-0.4, -0.2) is 29.0 Å². The molecule has 7 nitrogen and oxygen atoms in total. The number of carbonyl (C=O) groups excluding carboxylic acids is 1. The van der Waals surface area contributed by atoms with Gasteiger partial charge >= 0.3 is 0 Å². The van der Waals surface area contributed by atoms with Crippen LogP contribution in [0.15, 0.2) is 79.1 Å². The van der Waals surface area contributed by atoms with Gasteiger partial charge in [-0.1, -0.05) is 42.5 Å². The predicted octanol–water partition coefficient (Wildman–Crippen LogP) is 4.94. The van der Waals surface area contributed by atoms with E-state index in [9.17, 15) is 10.1 Å². The van der Waals surface area contributed by atoms with Gasteiger partial charge < -0.3 is 15.0 Å². The summed E-state index contributed by atoms with van der Waals surface area (Å²) in [5.41, 5.74) is 2.94. The van der Waals surface area contributed by atoms with Crippen LogP contribution in [0.1, 0.15) is 24.0 Å². The van der Waals surface area contributed by atoms with E-state index in [-0.39, 0.29) is 18.4 Å². The molecule has 5 rings (SSSR count). The molecule has 35 heavy (non-hydrogen) atoms. The zero-order valence-corrected chi connectivity index (χ0v) is 19.2. The number of amides is 1. The molecule has 7 heteroatoms. The molecular formula is C28H25N5O2. The zero-order valence-electron chi connectivity index (χ0n) is 19.2. The van der Waals surface area contributed by atoms with Gasteiger partial charge in [-0.25, -0.2) is 9.97 Å². The smallest absolute Gasteiger partial charge is 0.227 e. The average molecular weight is 464 g/mol. The Morgan fingerprint density at radius 3 is 2.60 bits per heavy atom. The number of hydrogen-bond donors (Lipinski definition) is 1. The first-order chi connectivity index (χ1) is 17.2. The molecule has 174 valence electrons. The molecular weight excluding hydrogens is 438 g/mol. The van der Waals surface area contributed by atoms with Crippen molar-refractivity contribution in [2.45, 2.75) is 19.4 Å². The first kappa shape index (κ1) is 22.4. The van der Waals surface area contributed by atoms with Crippen molar-refractivity contribution < 1.29 is 9.53 Å². The maximum Gasteiger partial charge on any atom is 0.227 e. The highest BCUT2D eigenvalue weighted by atomic mass is 16.5. The molecule has 1 saturated heterocycles. The highest BCUT2D eigenvalue weighted by molar-refractivity contribution is 5.94. The fourth-order valence-corrected chi connectivity index (χ4v) is 4.44. The van der Waals surface area contributed by atoms with E-state index >= 15 is 0 Å². The lowest BCUT2D eigenvalue weighted by Gasteiger charge is -2.32. The third-order valence-electron chi connectivity index (χ3n) is 6.35. The third-order valence-corrected chi connectivity index (χ3v) is 6.35. The van der Waals surface area contributed by atoms with Crippen LogP contribution < -0.4 is 15.0 Å². The van der Waals surface area contributed by atoms with Crippen molar-refractivity contribution in [2.75, 3.05) is 23.3 Å². The molecule has 0 radical (unpaired) electrons. The quantitative estimate of drug-likeness (QED) is 0.436. The second-order valence-corrected chi connectivity index (χ2v) is 8.52. The number of ether oxygens (including phenoxy) is 1. The topological polar surface area (TPSA) is 91.1 Å². The van der Waals surface area contributed by atoms with E-state index in [1.165, 1.54) is 0 Å². The lowest BCUT2D eigenvalue weighted by molar-refractivity contribution is -0.120. The Hall–Kier alpha value is -4.44. The molecule has 0 saturated carbocycles. The van der Waals surface area contributed by atoms with Crippen molar-refractivity contribution in [3.8, 4) is 11.8 Å². The molecule has 1 aliphatic rings. The highest BCUT2D eigenvalue weighted by Gasteiger charge is 2.27. The molecule has 0 atom stereocenters. The summed E-state index contributed by atoms with van der Waals surface area (Å²) >= 11 is 0. The maximum absolute atomic E-state index is 13.1. The van der Waals surface area contributed by atoms with E-state index in [2.05, 4.69) is 26.3 Å². The van der Waals surface area contributed by atoms with E-state index in [0.29, 0.717) is 17.0 Å². The van der Waals surface area contributed by atoms with Crippen LogP contribution in [0.4, 0.5) is 11.5 Å². The molecule has 4 aromatic rings. The number of nitrogens with zero attached hydrogens (tertiary/aromatic N) is 4. The number of carbonyl (C=O) groups is 1. The summed E-state index contributed by atoms with van der Waals surface area (Å²) < 4.78 is 5.98. The molecule has 1 aliphatic heterocycles. The molecule has 0 aliphatic carbocycles. The Morgan fingerprint density at radius 2 is 1.74 bits per heavy atom. The molecule has 0 bridgehead atoms. The fraction of sp³-hybridized carbons (Fsp3) is 0.214. The number of hydrogen-bond acceptors (Lipinski definition) is 6. The van der Waals surface area contributed by atoms with Crippen LogP contribution in [-0.2, 0) is 11.4 Å². The Bertz CT molecular complexity index is 1380. The largest absolute Gasteiger partial charge is 0.487 e. The second kappa shape index (κ2) is 10.2. The summed E-state index contributed by atoms with van der Waals surface area (Å²) in [5, 5.41) is 13.4. The van der Waals surface area contributed by atoms with E-state index < -0.39 is 0 Å². The fourth-order valence-electron chi connectivity index (χ4n) is 4.44. The molecule has 2 heterocycles. The van der Waals surface area contributed by atoms with Gasteiger partial charge in [0.15, 0.2) is 0 Å². The normalized spacial score (nSPS) is 13.9.